The number of rotatable bonds is 7. The minimum absolute atomic E-state index is 0.00267. The summed E-state index contributed by atoms with van der Waals surface area (Å²) in [5.74, 6) is -2.45. The highest BCUT2D eigenvalue weighted by Crippen LogP contribution is 2.18. The number of benzene rings is 1. The molecule has 0 saturated carbocycles. The number of halogens is 1. The third-order valence-corrected chi connectivity index (χ3v) is 3.59. The third kappa shape index (κ3) is 5.98. The van der Waals surface area contributed by atoms with Crippen molar-refractivity contribution in [3.8, 4) is 0 Å². The van der Waals surface area contributed by atoms with Crippen LogP contribution in [0, 0.1) is 12.7 Å². The summed E-state index contributed by atoms with van der Waals surface area (Å²) in [7, 11) is 0. The summed E-state index contributed by atoms with van der Waals surface area (Å²) in [6.45, 7) is 5.60. The molecule has 0 aliphatic heterocycles. The number of hydrogen-bond acceptors (Lipinski definition) is 3. The van der Waals surface area contributed by atoms with Crippen LogP contribution in [0.2, 0.25) is 0 Å². The van der Waals surface area contributed by atoms with E-state index in [0.717, 1.165) is 12.8 Å². The van der Waals surface area contributed by atoms with Crippen LogP contribution >= 0.6 is 0 Å². The second-order valence-electron chi connectivity index (χ2n) is 5.84. The second kappa shape index (κ2) is 8.62. The van der Waals surface area contributed by atoms with Gasteiger partial charge < -0.3 is 15.7 Å². The van der Waals surface area contributed by atoms with Crippen molar-refractivity contribution in [3.63, 3.8) is 0 Å². The molecule has 0 radical (unpaired) electrons. The highest BCUT2D eigenvalue weighted by Gasteiger charge is 2.27. The lowest BCUT2D eigenvalue weighted by Gasteiger charge is -2.27. The Balaban J connectivity index is 2.61. The van der Waals surface area contributed by atoms with Gasteiger partial charge in [0.1, 0.15) is 5.82 Å². The summed E-state index contributed by atoms with van der Waals surface area (Å²) < 4.78 is 13.7. The van der Waals surface area contributed by atoms with Gasteiger partial charge in [0, 0.05) is 6.54 Å². The molecule has 0 unspecified atom stereocenters. The first kappa shape index (κ1) is 19.1. The van der Waals surface area contributed by atoms with Gasteiger partial charge in [0.2, 0.25) is 0 Å². The molecular formula is C17H25FN2O3. The molecule has 1 aromatic rings. The van der Waals surface area contributed by atoms with E-state index in [9.17, 15) is 19.1 Å². The summed E-state index contributed by atoms with van der Waals surface area (Å²) >= 11 is 0. The van der Waals surface area contributed by atoms with Gasteiger partial charge in [-0.1, -0.05) is 32.8 Å². The van der Waals surface area contributed by atoms with E-state index in [1.54, 1.807) is 13.0 Å². The zero-order chi connectivity index (χ0) is 17.5. The van der Waals surface area contributed by atoms with Crippen LogP contribution in [0.5, 0.6) is 0 Å². The number of nitrogens with one attached hydrogen (secondary N) is 2. The van der Waals surface area contributed by atoms with Gasteiger partial charge in [-0.05, 0) is 37.5 Å². The maximum atomic E-state index is 13.7. The van der Waals surface area contributed by atoms with Gasteiger partial charge in [-0.15, -0.1) is 0 Å². The lowest BCUT2D eigenvalue weighted by molar-refractivity contribution is -0.137. The smallest absolute Gasteiger partial charge is 0.313 e. The van der Waals surface area contributed by atoms with Crippen molar-refractivity contribution in [3.05, 3.63) is 29.6 Å². The van der Waals surface area contributed by atoms with Crippen molar-refractivity contribution in [1.29, 1.82) is 0 Å². The molecule has 128 valence electrons. The van der Waals surface area contributed by atoms with E-state index >= 15 is 0 Å². The highest BCUT2D eigenvalue weighted by atomic mass is 19.1. The first-order valence-corrected chi connectivity index (χ1v) is 7.89. The zero-order valence-electron chi connectivity index (χ0n) is 13.9. The largest absolute Gasteiger partial charge is 0.388 e. The molecule has 3 N–H and O–H groups in total. The second-order valence-corrected chi connectivity index (χ2v) is 5.84. The first-order valence-electron chi connectivity index (χ1n) is 7.89. The molecule has 2 amide bonds. The van der Waals surface area contributed by atoms with Crippen LogP contribution < -0.4 is 10.6 Å². The van der Waals surface area contributed by atoms with Crippen LogP contribution in [-0.4, -0.2) is 29.1 Å². The van der Waals surface area contributed by atoms with E-state index in [0.29, 0.717) is 18.4 Å². The van der Waals surface area contributed by atoms with Crippen LogP contribution in [0.25, 0.3) is 0 Å². The summed E-state index contributed by atoms with van der Waals surface area (Å²) in [5, 5.41) is 15.1. The van der Waals surface area contributed by atoms with E-state index in [1.807, 2.05) is 13.8 Å². The van der Waals surface area contributed by atoms with Crippen molar-refractivity contribution in [1.82, 2.24) is 5.32 Å². The average molecular weight is 324 g/mol. The molecule has 6 heteroatoms. The fraction of sp³-hybridized carbons (Fsp3) is 0.529. The Kier molecular flexibility index (Phi) is 7.16. The van der Waals surface area contributed by atoms with Crippen molar-refractivity contribution in [2.24, 2.45) is 0 Å². The van der Waals surface area contributed by atoms with Gasteiger partial charge in [0.25, 0.3) is 0 Å². The fourth-order valence-electron chi connectivity index (χ4n) is 2.46. The van der Waals surface area contributed by atoms with Gasteiger partial charge in [-0.25, -0.2) is 4.39 Å². The molecule has 0 heterocycles. The van der Waals surface area contributed by atoms with E-state index < -0.39 is 23.2 Å². The Morgan fingerprint density at radius 2 is 1.78 bits per heavy atom. The average Bonchev–Trinajstić information content (AvgIpc) is 2.48. The molecular weight excluding hydrogens is 299 g/mol. The monoisotopic (exact) mass is 324 g/mol. The maximum Gasteiger partial charge on any atom is 0.313 e. The number of amides is 2. The van der Waals surface area contributed by atoms with E-state index in [4.69, 9.17) is 0 Å². The number of carbonyl (C=O) groups excluding carboxylic acids is 2. The van der Waals surface area contributed by atoms with Gasteiger partial charge in [0.05, 0.1) is 11.3 Å². The Hall–Kier alpha value is -1.95. The van der Waals surface area contributed by atoms with Gasteiger partial charge in [0.15, 0.2) is 0 Å². The summed E-state index contributed by atoms with van der Waals surface area (Å²) in [6.07, 6.45) is 2.62. The number of aliphatic hydroxyl groups is 1. The van der Waals surface area contributed by atoms with Crippen molar-refractivity contribution >= 4 is 17.5 Å². The zero-order valence-corrected chi connectivity index (χ0v) is 13.9. The predicted molar refractivity (Wildman–Crippen MR) is 87.5 cm³/mol. The van der Waals surface area contributed by atoms with Crippen LogP contribution in [0.1, 0.15) is 45.1 Å². The van der Waals surface area contributed by atoms with Crippen LogP contribution in [0.3, 0.4) is 0 Å². The molecule has 0 aliphatic rings. The van der Waals surface area contributed by atoms with Crippen LogP contribution in [0.15, 0.2) is 18.2 Å². The minimum atomic E-state index is -1.02. The van der Waals surface area contributed by atoms with Crippen molar-refractivity contribution in [2.75, 3.05) is 11.9 Å². The lowest BCUT2D eigenvalue weighted by atomic mass is 9.92. The molecule has 1 aromatic carbocycles. The Morgan fingerprint density at radius 1 is 1.17 bits per heavy atom. The number of aryl methyl sites for hydroxylation is 1. The summed E-state index contributed by atoms with van der Waals surface area (Å²) in [4.78, 5) is 23.6. The fourth-order valence-corrected chi connectivity index (χ4v) is 2.46. The molecule has 0 aliphatic carbocycles. The summed E-state index contributed by atoms with van der Waals surface area (Å²) in [5.41, 5.74) is -0.351. The standard InChI is InChI=1S/C17H25FN2O3/c1-4-8-17(23,9-5-2)11-19-15(21)16(22)20-14-7-6-12(3)10-13(14)18/h6-7,10,23H,4-5,8-9,11H2,1-3H3,(H,19,21)(H,20,22). The molecule has 0 aromatic heterocycles. The lowest BCUT2D eigenvalue weighted by Crippen LogP contribution is -2.46. The van der Waals surface area contributed by atoms with Gasteiger partial charge in [-0.3, -0.25) is 9.59 Å². The molecule has 0 bridgehead atoms. The molecule has 0 saturated heterocycles. The van der Waals surface area contributed by atoms with Gasteiger partial charge in [-0.2, -0.15) is 0 Å². The highest BCUT2D eigenvalue weighted by molar-refractivity contribution is 6.39. The maximum absolute atomic E-state index is 13.7. The van der Waals surface area contributed by atoms with E-state index in [2.05, 4.69) is 10.6 Å². The predicted octanol–water partition coefficient (Wildman–Crippen LogP) is 2.52. The topological polar surface area (TPSA) is 78.4 Å². The molecule has 5 nitrogen and oxygen atoms in total. The number of hydrogen-bond donors (Lipinski definition) is 3. The van der Waals surface area contributed by atoms with E-state index in [1.165, 1.54) is 12.1 Å². The molecule has 1 rings (SSSR count). The van der Waals surface area contributed by atoms with Crippen molar-refractivity contribution < 1.29 is 19.1 Å². The molecule has 0 atom stereocenters. The molecule has 0 fully saturated rings. The first-order chi connectivity index (χ1) is 10.8. The quantitative estimate of drug-likeness (QED) is 0.674. The molecule has 23 heavy (non-hydrogen) atoms. The third-order valence-electron chi connectivity index (χ3n) is 3.59. The normalized spacial score (nSPS) is 11.2. The van der Waals surface area contributed by atoms with E-state index in [-0.39, 0.29) is 12.2 Å². The Morgan fingerprint density at radius 3 is 2.30 bits per heavy atom. The Labute approximate surface area is 136 Å². The molecule has 0 spiro atoms. The van der Waals surface area contributed by atoms with Gasteiger partial charge >= 0.3 is 11.8 Å². The number of carbonyl (C=O) groups is 2. The van der Waals surface area contributed by atoms with Crippen LogP contribution in [0.4, 0.5) is 10.1 Å². The summed E-state index contributed by atoms with van der Waals surface area (Å²) in [6, 6.07) is 4.31. The Bertz CT molecular complexity index is 555. The number of anilines is 1. The SMILES string of the molecule is CCCC(O)(CCC)CNC(=O)C(=O)Nc1ccc(C)cc1F. The van der Waals surface area contributed by atoms with Crippen molar-refractivity contribution in [2.45, 2.75) is 52.1 Å². The van der Waals surface area contributed by atoms with Crippen LogP contribution in [-0.2, 0) is 9.59 Å². The minimum Gasteiger partial charge on any atom is -0.388 e.